The van der Waals surface area contributed by atoms with Crippen molar-refractivity contribution in [3.8, 4) is 0 Å². The van der Waals surface area contributed by atoms with E-state index >= 15 is 0 Å². The number of piperazine rings is 1. The predicted octanol–water partition coefficient (Wildman–Crippen LogP) is -0.0989. The zero-order chi connectivity index (χ0) is 13.6. The number of likely N-dealkylation sites (N-methyl/N-ethyl adjacent to an activating group) is 1. The standard InChI is InChI=1S/C13H27N3O2/c1-4-13(5-2,11-17)14-10-12(18)16-8-6-15(3)7-9-16/h14,17H,4-11H2,1-3H3. The van der Waals surface area contributed by atoms with Gasteiger partial charge in [0.25, 0.3) is 0 Å². The Bertz CT molecular complexity index is 251. The molecule has 0 aliphatic carbocycles. The van der Waals surface area contributed by atoms with Gasteiger partial charge in [0.05, 0.1) is 13.2 Å². The molecule has 1 rings (SSSR count). The molecule has 106 valence electrons. The molecule has 0 unspecified atom stereocenters. The molecule has 1 saturated heterocycles. The van der Waals surface area contributed by atoms with Gasteiger partial charge in [0.15, 0.2) is 0 Å². The molecule has 18 heavy (non-hydrogen) atoms. The van der Waals surface area contributed by atoms with E-state index in [1.807, 2.05) is 18.7 Å². The Labute approximate surface area is 110 Å². The number of aliphatic hydroxyl groups is 1. The average molecular weight is 257 g/mol. The van der Waals surface area contributed by atoms with Crippen LogP contribution in [0.1, 0.15) is 26.7 Å². The molecule has 0 spiro atoms. The molecule has 0 bridgehead atoms. The van der Waals surface area contributed by atoms with Crippen molar-refractivity contribution in [3.05, 3.63) is 0 Å². The smallest absolute Gasteiger partial charge is 0.236 e. The highest BCUT2D eigenvalue weighted by molar-refractivity contribution is 5.78. The van der Waals surface area contributed by atoms with Crippen molar-refractivity contribution in [1.82, 2.24) is 15.1 Å². The number of amides is 1. The molecule has 0 aromatic rings. The summed E-state index contributed by atoms with van der Waals surface area (Å²) in [6.45, 7) is 7.97. The third kappa shape index (κ3) is 3.93. The van der Waals surface area contributed by atoms with Crippen molar-refractivity contribution in [2.75, 3.05) is 46.4 Å². The van der Waals surface area contributed by atoms with Crippen LogP contribution >= 0.6 is 0 Å². The van der Waals surface area contributed by atoms with Crippen LogP contribution in [0.2, 0.25) is 0 Å². The van der Waals surface area contributed by atoms with E-state index in [4.69, 9.17) is 0 Å². The lowest BCUT2D eigenvalue weighted by Crippen LogP contribution is -2.54. The Morgan fingerprint density at radius 1 is 1.22 bits per heavy atom. The van der Waals surface area contributed by atoms with Gasteiger partial charge in [-0.3, -0.25) is 4.79 Å². The molecule has 1 heterocycles. The van der Waals surface area contributed by atoms with Gasteiger partial charge in [0.1, 0.15) is 0 Å². The number of aliphatic hydroxyl groups excluding tert-OH is 1. The van der Waals surface area contributed by atoms with Gasteiger partial charge < -0.3 is 20.2 Å². The summed E-state index contributed by atoms with van der Waals surface area (Å²) >= 11 is 0. The minimum absolute atomic E-state index is 0.0794. The second-order valence-electron chi connectivity index (χ2n) is 5.18. The van der Waals surface area contributed by atoms with Gasteiger partial charge >= 0.3 is 0 Å². The highest BCUT2D eigenvalue weighted by atomic mass is 16.3. The molecule has 0 aromatic carbocycles. The van der Waals surface area contributed by atoms with Crippen LogP contribution in [0.5, 0.6) is 0 Å². The molecule has 1 fully saturated rings. The van der Waals surface area contributed by atoms with Gasteiger partial charge in [-0.15, -0.1) is 0 Å². The van der Waals surface area contributed by atoms with Gasteiger partial charge in [-0.1, -0.05) is 13.8 Å². The molecule has 2 N–H and O–H groups in total. The first-order valence-corrected chi connectivity index (χ1v) is 6.89. The van der Waals surface area contributed by atoms with E-state index in [1.165, 1.54) is 0 Å². The Balaban J connectivity index is 2.40. The zero-order valence-corrected chi connectivity index (χ0v) is 11.9. The van der Waals surface area contributed by atoms with Crippen molar-refractivity contribution < 1.29 is 9.90 Å². The second-order valence-corrected chi connectivity index (χ2v) is 5.18. The molecule has 0 aromatic heterocycles. The summed E-state index contributed by atoms with van der Waals surface area (Å²) in [4.78, 5) is 16.2. The number of hydrogen-bond acceptors (Lipinski definition) is 4. The van der Waals surface area contributed by atoms with Crippen molar-refractivity contribution in [2.24, 2.45) is 0 Å². The quantitative estimate of drug-likeness (QED) is 0.698. The lowest BCUT2D eigenvalue weighted by atomic mass is 9.94. The maximum atomic E-state index is 12.1. The summed E-state index contributed by atoms with van der Waals surface area (Å²) in [5, 5.41) is 12.7. The SMILES string of the molecule is CCC(CC)(CO)NCC(=O)N1CCN(C)CC1. The zero-order valence-electron chi connectivity index (χ0n) is 11.9. The van der Waals surface area contributed by atoms with E-state index in [1.54, 1.807) is 0 Å². The van der Waals surface area contributed by atoms with Gasteiger partial charge in [-0.25, -0.2) is 0 Å². The molecule has 1 amide bonds. The first-order chi connectivity index (χ1) is 8.56. The maximum Gasteiger partial charge on any atom is 0.236 e. The van der Waals surface area contributed by atoms with Crippen molar-refractivity contribution >= 4 is 5.91 Å². The van der Waals surface area contributed by atoms with E-state index in [0.29, 0.717) is 6.54 Å². The summed E-state index contributed by atoms with van der Waals surface area (Å²) in [6.07, 6.45) is 1.66. The van der Waals surface area contributed by atoms with E-state index in [2.05, 4.69) is 17.3 Å². The second kappa shape index (κ2) is 7.07. The highest BCUT2D eigenvalue weighted by Crippen LogP contribution is 2.13. The summed E-state index contributed by atoms with van der Waals surface area (Å²) in [5.41, 5.74) is -0.303. The summed E-state index contributed by atoms with van der Waals surface area (Å²) in [6, 6.07) is 0. The third-order valence-electron chi connectivity index (χ3n) is 4.13. The molecular formula is C13H27N3O2. The number of carbonyl (C=O) groups is 1. The predicted molar refractivity (Wildman–Crippen MR) is 72.5 cm³/mol. The number of rotatable bonds is 6. The Morgan fingerprint density at radius 2 is 1.78 bits per heavy atom. The molecule has 1 aliphatic heterocycles. The van der Waals surface area contributed by atoms with Crippen LogP contribution in [0, 0.1) is 0 Å². The van der Waals surface area contributed by atoms with Gasteiger partial charge in [0.2, 0.25) is 5.91 Å². The van der Waals surface area contributed by atoms with Crippen LogP contribution in [-0.2, 0) is 4.79 Å². The molecule has 5 nitrogen and oxygen atoms in total. The monoisotopic (exact) mass is 257 g/mol. The van der Waals surface area contributed by atoms with E-state index in [-0.39, 0.29) is 18.1 Å². The lowest BCUT2D eigenvalue weighted by Gasteiger charge is -2.35. The van der Waals surface area contributed by atoms with Gasteiger partial charge in [0, 0.05) is 31.7 Å². The minimum atomic E-state index is -0.303. The number of hydrogen-bond donors (Lipinski definition) is 2. The van der Waals surface area contributed by atoms with Crippen LogP contribution in [-0.4, -0.2) is 72.7 Å². The summed E-state index contributed by atoms with van der Waals surface area (Å²) in [7, 11) is 2.07. The number of carbonyl (C=O) groups excluding carboxylic acids is 1. The fourth-order valence-electron chi connectivity index (χ4n) is 2.21. The van der Waals surface area contributed by atoms with E-state index < -0.39 is 0 Å². The minimum Gasteiger partial charge on any atom is -0.394 e. The summed E-state index contributed by atoms with van der Waals surface area (Å²) in [5.74, 6) is 0.142. The van der Waals surface area contributed by atoms with Gasteiger partial charge in [-0.05, 0) is 19.9 Å². The molecule has 0 saturated carbocycles. The number of nitrogens with zero attached hydrogens (tertiary/aromatic N) is 2. The fourth-order valence-corrected chi connectivity index (χ4v) is 2.21. The Hall–Kier alpha value is -0.650. The molecule has 0 radical (unpaired) electrons. The van der Waals surface area contributed by atoms with E-state index in [9.17, 15) is 9.90 Å². The Morgan fingerprint density at radius 3 is 2.22 bits per heavy atom. The molecule has 1 aliphatic rings. The largest absolute Gasteiger partial charge is 0.394 e. The van der Waals surface area contributed by atoms with E-state index in [0.717, 1.165) is 39.0 Å². The van der Waals surface area contributed by atoms with Crippen molar-refractivity contribution in [2.45, 2.75) is 32.2 Å². The van der Waals surface area contributed by atoms with Gasteiger partial charge in [-0.2, -0.15) is 0 Å². The van der Waals surface area contributed by atoms with Crippen LogP contribution in [0.25, 0.3) is 0 Å². The molecule has 5 heteroatoms. The lowest BCUT2D eigenvalue weighted by molar-refractivity contribution is -0.132. The van der Waals surface area contributed by atoms with Crippen LogP contribution in [0.4, 0.5) is 0 Å². The number of nitrogens with one attached hydrogen (secondary N) is 1. The fraction of sp³-hybridized carbons (Fsp3) is 0.923. The summed E-state index contributed by atoms with van der Waals surface area (Å²) < 4.78 is 0. The highest BCUT2D eigenvalue weighted by Gasteiger charge is 2.27. The Kier molecular flexibility index (Phi) is 6.05. The van der Waals surface area contributed by atoms with Crippen LogP contribution in [0.3, 0.4) is 0 Å². The first kappa shape index (κ1) is 15.4. The molecule has 0 atom stereocenters. The van der Waals surface area contributed by atoms with Crippen LogP contribution in [0.15, 0.2) is 0 Å². The topological polar surface area (TPSA) is 55.8 Å². The first-order valence-electron chi connectivity index (χ1n) is 6.89. The average Bonchev–Trinajstić information content (AvgIpc) is 2.41. The third-order valence-corrected chi connectivity index (χ3v) is 4.13. The van der Waals surface area contributed by atoms with Crippen LogP contribution < -0.4 is 5.32 Å². The van der Waals surface area contributed by atoms with Crippen molar-refractivity contribution in [3.63, 3.8) is 0 Å². The van der Waals surface area contributed by atoms with Crippen molar-refractivity contribution in [1.29, 1.82) is 0 Å². The maximum absolute atomic E-state index is 12.1. The molecular weight excluding hydrogens is 230 g/mol. The normalized spacial score (nSPS) is 18.1.